The number of thiophene rings is 1. The number of halogens is 3. The Morgan fingerprint density at radius 3 is 2.57 bits per heavy atom. The molecule has 8 heteroatoms. The predicted molar refractivity (Wildman–Crippen MR) is 112 cm³/mol. The lowest BCUT2D eigenvalue weighted by Crippen LogP contribution is -2.17. The standard InChI is InChI=1S/C22H23F3N2O2S/c1-3-6-18-20(15-7-4-8-16(13-15)29-22(23,24)25)19(21(26)28)14(2)27(18)11-10-17-9-5-12-30-17/h4-5,7-9,12-13H,3,6,10-11H2,1-2H3,(H2,26,28). The normalized spacial score (nSPS) is 11.6. The first kappa shape index (κ1) is 22.0. The van der Waals surface area contributed by atoms with Crippen LogP contribution >= 0.6 is 11.3 Å². The molecule has 1 amide bonds. The van der Waals surface area contributed by atoms with Crippen molar-refractivity contribution >= 4 is 17.2 Å². The molecule has 4 nitrogen and oxygen atoms in total. The van der Waals surface area contributed by atoms with Gasteiger partial charge in [0.15, 0.2) is 0 Å². The first-order valence-corrected chi connectivity index (χ1v) is 10.5. The zero-order valence-electron chi connectivity index (χ0n) is 16.8. The van der Waals surface area contributed by atoms with Crippen molar-refractivity contribution in [3.05, 3.63) is 63.6 Å². The van der Waals surface area contributed by atoms with E-state index in [4.69, 9.17) is 5.73 Å². The number of rotatable bonds is 8. The lowest BCUT2D eigenvalue weighted by molar-refractivity contribution is -0.274. The van der Waals surface area contributed by atoms with Crippen molar-refractivity contribution in [2.75, 3.05) is 0 Å². The van der Waals surface area contributed by atoms with Gasteiger partial charge in [-0.05, 0) is 48.9 Å². The van der Waals surface area contributed by atoms with Crippen molar-refractivity contribution in [2.24, 2.45) is 5.73 Å². The van der Waals surface area contributed by atoms with Gasteiger partial charge < -0.3 is 15.0 Å². The van der Waals surface area contributed by atoms with Crippen LogP contribution in [-0.4, -0.2) is 16.8 Å². The molecular formula is C22H23F3N2O2S. The fraction of sp³-hybridized carbons (Fsp3) is 0.318. The predicted octanol–water partition coefficient (Wildman–Crippen LogP) is 5.72. The van der Waals surface area contributed by atoms with E-state index in [1.807, 2.05) is 25.3 Å². The third-order valence-corrected chi connectivity index (χ3v) is 5.82. The maximum Gasteiger partial charge on any atom is 0.573 e. The highest BCUT2D eigenvalue weighted by Gasteiger charge is 2.31. The number of alkyl halides is 3. The summed E-state index contributed by atoms with van der Waals surface area (Å²) in [7, 11) is 0. The second-order valence-electron chi connectivity index (χ2n) is 6.95. The summed E-state index contributed by atoms with van der Waals surface area (Å²) in [5.41, 5.74) is 8.72. The zero-order chi connectivity index (χ0) is 21.9. The van der Waals surface area contributed by atoms with Gasteiger partial charge in [0.2, 0.25) is 0 Å². The molecule has 0 atom stereocenters. The van der Waals surface area contributed by atoms with Crippen LogP contribution in [0.5, 0.6) is 5.75 Å². The van der Waals surface area contributed by atoms with Crippen molar-refractivity contribution in [3.63, 3.8) is 0 Å². The average Bonchev–Trinajstić information content (AvgIpc) is 3.26. The monoisotopic (exact) mass is 436 g/mol. The van der Waals surface area contributed by atoms with Gasteiger partial charge in [-0.2, -0.15) is 0 Å². The largest absolute Gasteiger partial charge is 0.573 e. The smallest absolute Gasteiger partial charge is 0.406 e. The molecule has 0 bridgehead atoms. The van der Waals surface area contributed by atoms with Crippen LogP contribution in [0.3, 0.4) is 0 Å². The molecular weight excluding hydrogens is 413 g/mol. The van der Waals surface area contributed by atoms with Crippen molar-refractivity contribution in [1.82, 2.24) is 4.57 Å². The van der Waals surface area contributed by atoms with Crippen LogP contribution in [0.25, 0.3) is 11.1 Å². The fourth-order valence-corrected chi connectivity index (χ4v) is 4.43. The van der Waals surface area contributed by atoms with E-state index in [0.29, 0.717) is 29.7 Å². The minimum absolute atomic E-state index is 0.332. The Morgan fingerprint density at radius 1 is 1.20 bits per heavy atom. The summed E-state index contributed by atoms with van der Waals surface area (Å²) in [5.74, 6) is -0.932. The van der Waals surface area contributed by atoms with Gasteiger partial charge in [-0.15, -0.1) is 24.5 Å². The Kier molecular flexibility index (Phi) is 6.55. The summed E-state index contributed by atoms with van der Waals surface area (Å²) in [5, 5.41) is 2.01. The van der Waals surface area contributed by atoms with Crippen molar-refractivity contribution < 1.29 is 22.7 Å². The Balaban J connectivity index is 2.11. The second kappa shape index (κ2) is 8.95. The van der Waals surface area contributed by atoms with E-state index in [1.165, 1.54) is 23.1 Å². The van der Waals surface area contributed by atoms with Crippen LogP contribution in [-0.2, 0) is 19.4 Å². The third kappa shape index (κ3) is 4.87. The number of carbonyl (C=O) groups excluding carboxylic acids is 1. The molecule has 0 unspecified atom stereocenters. The number of benzene rings is 1. The number of amides is 1. The van der Waals surface area contributed by atoms with Crippen LogP contribution in [0.1, 0.15) is 40.0 Å². The molecule has 3 aromatic rings. The van der Waals surface area contributed by atoms with E-state index in [1.54, 1.807) is 17.4 Å². The van der Waals surface area contributed by atoms with Crippen LogP contribution in [0.4, 0.5) is 13.2 Å². The van der Waals surface area contributed by atoms with E-state index in [2.05, 4.69) is 15.4 Å². The van der Waals surface area contributed by atoms with Crippen LogP contribution in [0.15, 0.2) is 41.8 Å². The number of nitrogens with two attached hydrogens (primary N) is 1. The van der Waals surface area contributed by atoms with Gasteiger partial charge in [0, 0.05) is 28.4 Å². The number of aromatic nitrogens is 1. The summed E-state index contributed by atoms with van der Waals surface area (Å²) < 4.78 is 44.2. The molecule has 0 aliphatic heterocycles. The Bertz CT molecular complexity index is 1020. The third-order valence-electron chi connectivity index (χ3n) is 4.88. The van der Waals surface area contributed by atoms with Crippen molar-refractivity contribution in [1.29, 1.82) is 0 Å². The summed E-state index contributed by atoms with van der Waals surface area (Å²) in [6, 6.07) is 9.74. The lowest BCUT2D eigenvalue weighted by Gasteiger charge is -2.13. The van der Waals surface area contributed by atoms with E-state index in [9.17, 15) is 18.0 Å². The fourth-order valence-electron chi connectivity index (χ4n) is 3.73. The van der Waals surface area contributed by atoms with Gasteiger partial charge in [0.05, 0.1) is 5.56 Å². The molecule has 2 heterocycles. The molecule has 0 radical (unpaired) electrons. The molecule has 0 saturated carbocycles. The molecule has 0 aliphatic rings. The van der Waals surface area contributed by atoms with Crippen molar-refractivity contribution in [3.8, 4) is 16.9 Å². The highest BCUT2D eigenvalue weighted by Crippen LogP contribution is 2.36. The van der Waals surface area contributed by atoms with E-state index in [-0.39, 0.29) is 5.75 Å². The highest BCUT2D eigenvalue weighted by molar-refractivity contribution is 7.09. The van der Waals surface area contributed by atoms with Crippen LogP contribution in [0, 0.1) is 6.92 Å². The number of hydrogen-bond donors (Lipinski definition) is 1. The molecule has 30 heavy (non-hydrogen) atoms. The molecule has 2 N–H and O–H groups in total. The maximum absolute atomic E-state index is 12.7. The SMILES string of the molecule is CCCc1c(-c2cccc(OC(F)(F)F)c2)c(C(N)=O)c(C)n1CCc1cccs1. The first-order chi connectivity index (χ1) is 14.2. The van der Waals surface area contributed by atoms with Gasteiger partial charge in [-0.25, -0.2) is 0 Å². The highest BCUT2D eigenvalue weighted by atomic mass is 32.1. The van der Waals surface area contributed by atoms with Gasteiger partial charge in [0.25, 0.3) is 5.91 Å². The Labute approximate surface area is 177 Å². The quantitative estimate of drug-likeness (QED) is 0.491. The topological polar surface area (TPSA) is 57.2 Å². The van der Waals surface area contributed by atoms with Gasteiger partial charge in [-0.3, -0.25) is 4.79 Å². The number of ether oxygens (including phenoxy) is 1. The summed E-state index contributed by atoms with van der Waals surface area (Å²) >= 11 is 1.66. The minimum atomic E-state index is -4.79. The minimum Gasteiger partial charge on any atom is -0.406 e. The molecule has 1 aromatic carbocycles. The molecule has 160 valence electrons. The number of carbonyl (C=O) groups is 1. The van der Waals surface area contributed by atoms with Gasteiger partial charge in [0.1, 0.15) is 5.75 Å². The molecule has 0 spiro atoms. The average molecular weight is 436 g/mol. The summed E-state index contributed by atoms with van der Waals surface area (Å²) in [4.78, 5) is 13.5. The van der Waals surface area contributed by atoms with E-state index >= 15 is 0 Å². The summed E-state index contributed by atoms with van der Waals surface area (Å²) in [6.07, 6.45) is -2.52. The number of primary amides is 1. The molecule has 0 fully saturated rings. The Hall–Kier alpha value is -2.74. The first-order valence-electron chi connectivity index (χ1n) is 9.61. The maximum atomic E-state index is 12.7. The van der Waals surface area contributed by atoms with Gasteiger partial charge in [-0.1, -0.05) is 31.5 Å². The van der Waals surface area contributed by atoms with E-state index in [0.717, 1.165) is 24.2 Å². The molecule has 0 saturated heterocycles. The molecule has 3 rings (SSSR count). The Morgan fingerprint density at radius 2 is 1.97 bits per heavy atom. The van der Waals surface area contributed by atoms with Gasteiger partial charge >= 0.3 is 6.36 Å². The number of nitrogens with zero attached hydrogens (tertiary/aromatic N) is 1. The van der Waals surface area contributed by atoms with Crippen LogP contribution in [0.2, 0.25) is 0 Å². The molecule has 0 aliphatic carbocycles. The van der Waals surface area contributed by atoms with Crippen molar-refractivity contribution in [2.45, 2.75) is 46.0 Å². The number of hydrogen-bond acceptors (Lipinski definition) is 3. The number of aryl methyl sites for hydroxylation is 1. The second-order valence-corrected chi connectivity index (χ2v) is 7.99. The molecule has 2 aromatic heterocycles. The summed E-state index contributed by atoms with van der Waals surface area (Å²) in [6.45, 7) is 4.50. The van der Waals surface area contributed by atoms with E-state index < -0.39 is 12.3 Å². The zero-order valence-corrected chi connectivity index (χ0v) is 17.6. The lowest BCUT2D eigenvalue weighted by atomic mass is 9.98. The van der Waals surface area contributed by atoms with Crippen LogP contribution < -0.4 is 10.5 Å².